The number of rotatable bonds is 3. The van der Waals surface area contributed by atoms with Gasteiger partial charge in [-0.1, -0.05) is 36.9 Å². The summed E-state index contributed by atoms with van der Waals surface area (Å²) in [5.41, 5.74) is 0.247. The van der Waals surface area contributed by atoms with Crippen LogP contribution in [0.25, 0.3) is 10.8 Å². The SMILES string of the molecule is C=C(C#N)C(=O)OCc1c(O)ccc2ccccc12. The Hall–Kier alpha value is -2.80. The third kappa shape index (κ3) is 2.55. The van der Waals surface area contributed by atoms with Crippen molar-refractivity contribution in [3.8, 4) is 11.8 Å². The van der Waals surface area contributed by atoms with Gasteiger partial charge in [0, 0.05) is 5.56 Å². The number of esters is 1. The normalized spacial score (nSPS) is 9.84. The minimum absolute atomic E-state index is 0.0501. The highest BCUT2D eigenvalue weighted by molar-refractivity contribution is 5.92. The molecule has 0 radical (unpaired) electrons. The largest absolute Gasteiger partial charge is 0.508 e. The summed E-state index contributed by atoms with van der Waals surface area (Å²) in [6, 6.07) is 12.4. The topological polar surface area (TPSA) is 70.3 Å². The average Bonchev–Trinajstić information content (AvgIpc) is 2.45. The molecule has 0 unspecified atom stereocenters. The number of benzene rings is 2. The second-order valence-corrected chi connectivity index (χ2v) is 3.95. The average molecular weight is 253 g/mol. The predicted octanol–water partition coefficient (Wildman–Crippen LogP) is 2.67. The fourth-order valence-corrected chi connectivity index (χ4v) is 1.75. The molecule has 0 amide bonds. The monoisotopic (exact) mass is 253 g/mol. The van der Waals surface area contributed by atoms with Crippen molar-refractivity contribution in [3.05, 3.63) is 54.1 Å². The van der Waals surface area contributed by atoms with Gasteiger partial charge in [0.25, 0.3) is 0 Å². The molecule has 0 fully saturated rings. The third-order valence-corrected chi connectivity index (χ3v) is 2.74. The summed E-state index contributed by atoms with van der Waals surface area (Å²) in [5.74, 6) is -0.732. The first-order valence-corrected chi connectivity index (χ1v) is 5.59. The highest BCUT2D eigenvalue weighted by atomic mass is 16.5. The zero-order valence-electron chi connectivity index (χ0n) is 10.1. The minimum atomic E-state index is -0.783. The fourth-order valence-electron chi connectivity index (χ4n) is 1.75. The maximum atomic E-state index is 11.4. The molecule has 2 aromatic carbocycles. The Morgan fingerprint density at radius 2 is 2.05 bits per heavy atom. The second kappa shape index (κ2) is 5.23. The van der Waals surface area contributed by atoms with Crippen LogP contribution in [0.4, 0.5) is 0 Å². The number of phenols is 1. The lowest BCUT2D eigenvalue weighted by Crippen LogP contribution is -2.06. The maximum absolute atomic E-state index is 11.4. The number of ether oxygens (including phenoxy) is 1. The summed E-state index contributed by atoms with van der Waals surface area (Å²) in [5, 5.41) is 20.1. The fraction of sp³-hybridized carbons (Fsp3) is 0.0667. The van der Waals surface area contributed by atoms with Gasteiger partial charge in [-0.2, -0.15) is 5.26 Å². The van der Waals surface area contributed by atoms with Crippen molar-refractivity contribution in [2.45, 2.75) is 6.61 Å². The van der Waals surface area contributed by atoms with E-state index in [1.165, 1.54) is 0 Å². The molecule has 0 aromatic heterocycles. The van der Waals surface area contributed by atoms with Gasteiger partial charge < -0.3 is 9.84 Å². The predicted molar refractivity (Wildman–Crippen MR) is 70.2 cm³/mol. The van der Waals surface area contributed by atoms with Gasteiger partial charge in [-0.15, -0.1) is 0 Å². The van der Waals surface area contributed by atoms with Crippen LogP contribution in [0.1, 0.15) is 5.56 Å². The molecule has 0 aliphatic rings. The van der Waals surface area contributed by atoms with Gasteiger partial charge in [0.2, 0.25) is 0 Å². The van der Waals surface area contributed by atoms with Crippen molar-refractivity contribution in [3.63, 3.8) is 0 Å². The van der Waals surface area contributed by atoms with Crippen molar-refractivity contribution >= 4 is 16.7 Å². The van der Waals surface area contributed by atoms with Crippen LogP contribution in [0.3, 0.4) is 0 Å². The number of phenolic OH excluding ortho intramolecular Hbond substituents is 1. The van der Waals surface area contributed by atoms with Crippen LogP contribution < -0.4 is 0 Å². The van der Waals surface area contributed by atoms with E-state index in [-0.39, 0.29) is 17.9 Å². The van der Waals surface area contributed by atoms with E-state index in [0.29, 0.717) is 5.56 Å². The zero-order valence-corrected chi connectivity index (χ0v) is 10.1. The van der Waals surface area contributed by atoms with Gasteiger partial charge in [0.05, 0.1) is 0 Å². The molecule has 2 rings (SSSR count). The van der Waals surface area contributed by atoms with Crippen molar-refractivity contribution in [2.24, 2.45) is 0 Å². The van der Waals surface area contributed by atoms with Crippen LogP contribution in [0.5, 0.6) is 5.75 Å². The van der Waals surface area contributed by atoms with Crippen molar-refractivity contribution in [1.29, 1.82) is 5.26 Å². The van der Waals surface area contributed by atoms with Crippen molar-refractivity contribution in [2.75, 3.05) is 0 Å². The molecule has 0 saturated carbocycles. The molecular formula is C15H11NO3. The second-order valence-electron chi connectivity index (χ2n) is 3.95. The van der Waals surface area contributed by atoms with Crippen LogP contribution in [-0.4, -0.2) is 11.1 Å². The number of aromatic hydroxyl groups is 1. The molecule has 94 valence electrons. The Morgan fingerprint density at radius 1 is 1.32 bits per heavy atom. The lowest BCUT2D eigenvalue weighted by atomic mass is 10.0. The van der Waals surface area contributed by atoms with Gasteiger partial charge >= 0.3 is 5.97 Å². The van der Waals surface area contributed by atoms with E-state index in [1.807, 2.05) is 24.3 Å². The first-order chi connectivity index (χ1) is 9.13. The molecule has 0 aliphatic heterocycles. The summed E-state index contributed by atoms with van der Waals surface area (Å²) >= 11 is 0. The van der Waals surface area contributed by atoms with Crippen molar-refractivity contribution < 1.29 is 14.6 Å². The van der Waals surface area contributed by atoms with E-state index in [0.717, 1.165) is 10.8 Å². The van der Waals surface area contributed by atoms with E-state index in [9.17, 15) is 9.90 Å². The molecule has 4 heteroatoms. The summed E-state index contributed by atoms with van der Waals surface area (Å²) in [4.78, 5) is 11.4. The van der Waals surface area contributed by atoms with E-state index in [2.05, 4.69) is 6.58 Å². The van der Waals surface area contributed by atoms with Gasteiger partial charge in [-0.25, -0.2) is 4.79 Å². The van der Waals surface area contributed by atoms with Crippen molar-refractivity contribution in [1.82, 2.24) is 0 Å². The van der Waals surface area contributed by atoms with Crippen LogP contribution in [0.15, 0.2) is 48.6 Å². The maximum Gasteiger partial charge on any atom is 0.348 e. The molecule has 2 aromatic rings. The van der Waals surface area contributed by atoms with Crippen LogP contribution in [0, 0.1) is 11.3 Å². The summed E-state index contributed by atoms with van der Waals surface area (Å²) < 4.78 is 4.95. The number of nitriles is 1. The Morgan fingerprint density at radius 3 is 2.79 bits per heavy atom. The quantitative estimate of drug-likeness (QED) is 0.518. The molecule has 4 nitrogen and oxygen atoms in total. The Balaban J connectivity index is 2.30. The van der Waals surface area contributed by atoms with Gasteiger partial charge in [-0.3, -0.25) is 0 Å². The van der Waals surface area contributed by atoms with Gasteiger partial charge in [-0.05, 0) is 16.8 Å². The molecule has 0 aliphatic carbocycles. The van der Waals surface area contributed by atoms with E-state index in [1.54, 1.807) is 18.2 Å². The van der Waals surface area contributed by atoms with E-state index < -0.39 is 5.97 Å². The number of carbonyl (C=O) groups is 1. The number of hydrogen-bond acceptors (Lipinski definition) is 4. The molecular weight excluding hydrogens is 242 g/mol. The molecule has 0 spiro atoms. The number of carbonyl (C=O) groups excluding carboxylic acids is 1. The number of hydrogen-bond donors (Lipinski definition) is 1. The molecule has 0 bridgehead atoms. The first-order valence-electron chi connectivity index (χ1n) is 5.59. The van der Waals surface area contributed by atoms with Gasteiger partial charge in [0.1, 0.15) is 24.0 Å². The Kier molecular flexibility index (Phi) is 3.48. The molecule has 1 N–H and O–H groups in total. The third-order valence-electron chi connectivity index (χ3n) is 2.74. The minimum Gasteiger partial charge on any atom is -0.508 e. The lowest BCUT2D eigenvalue weighted by Gasteiger charge is -2.09. The summed E-state index contributed by atoms with van der Waals surface area (Å²) in [6.45, 7) is 3.17. The van der Waals surface area contributed by atoms with E-state index >= 15 is 0 Å². The van der Waals surface area contributed by atoms with Crippen LogP contribution in [-0.2, 0) is 16.1 Å². The zero-order chi connectivity index (χ0) is 13.8. The number of nitrogens with zero attached hydrogens (tertiary/aromatic N) is 1. The van der Waals surface area contributed by atoms with Crippen LogP contribution in [0.2, 0.25) is 0 Å². The lowest BCUT2D eigenvalue weighted by molar-refractivity contribution is -0.139. The molecule has 19 heavy (non-hydrogen) atoms. The highest BCUT2D eigenvalue weighted by Crippen LogP contribution is 2.27. The highest BCUT2D eigenvalue weighted by Gasteiger charge is 2.12. The Labute approximate surface area is 110 Å². The van der Waals surface area contributed by atoms with E-state index in [4.69, 9.17) is 10.00 Å². The standard InChI is InChI=1S/C15H11NO3/c1-10(8-16)15(18)19-9-13-12-5-3-2-4-11(12)6-7-14(13)17/h2-7,17H,1,9H2. The summed E-state index contributed by atoms with van der Waals surface area (Å²) in [7, 11) is 0. The number of fused-ring (bicyclic) bond motifs is 1. The van der Waals surface area contributed by atoms with Crippen LogP contribution >= 0.6 is 0 Å². The summed E-state index contributed by atoms with van der Waals surface area (Å²) in [6.07, 6.45) is 0. The molecule has 0 heterocycles. The molecule has 0 atom stereocenters. The smallest absolute Gasteiger partial charge is 0.348 e. The Bertz CT molecular complexity index is 698. The van der Waals surface area contributed by atoms with Gasteiger partial charge in [0.15, 0.2) is 0 Å². The molecule has 0 saturated heterocycles. The first kappa shape index (κ1) is 12.7.